The van der Waals surface area contributed by atoms with E-state index in [9.17, 15) is 4.79 Å². The molecule has 0 saturated carbocycles. The second-order valence-corrected chi connectivity index (χ2v) is 9.52. The van der Waals surface area contributed by atoms with Crippen LogP contribution in [0, 0.1) is 0 Å². The van der Waals surface area contributed by atoms with E-state index in [0.717, 1.165) is 12.8 Å². The molecule has 5 heteroatoms. The number of hydrogen-bond donors (Lipinski definition) is 3. The Hall–Kier alpha value is -0.393. The van der Waals surface area contributed by atoms with E-state index in [4.69, 9.17) is 15.0 Å². The molecule has 0 heterocycles. The average molecular weight is 377 g/mol. The van der Waals surface area contributed by atoms with Crippen LogP contribution in [0.4, 0.5) is 0 Å². The molecule has 0 aliphatic heterocycles. The monoisotopic (exact) mass is 376 g/mol. The highest BCUT2D eigenvalue weighted by molar-refractivity contribution is 6.46. The molecular formula is C20H44O4Si. The summed E-state index contributed by atoms with van der Waals surface area (Å²) in [5.74, 6) is -1.09. The molecule has 0 rings (SSSR count). The number of rotatable bonds is 16. The SMILES string of the molecule is CCCCCCCCCCCCCCCCC(O)C(=O)O.C[SiH](C)O. The third-order valence-electron chi connectivity index (χ3n) is 4.12. The summed E-state index contributed by atoms with van der Waals surface area (Å²) in [6.45, 7) is 5.98. The van der Waals surface area contributed by atoms with Crippen LogP contribution in [0.3, 0.4) is 0 Å². The number of carbonyl (C=O) groups is 1. The first-order valence-corrected chi connectivity index (χ1v) is 13.3. The number of carboxylic acid groups (broad SMARTS) is 1. The van der Waals surface area contributed by atoms with Gasteiger partial charge >= 0.3 is 5.97 Å². The molecule has 0 spiro atoms. The molecule has 152 valence electrons. The van der Waals surface area contributed by atoms with Gasteiger partial charge in [0.05, 0.1) is 0 Å². The third-order valence-corrected chi connectivity index (χ3v) is 4.12. The smallest absolute Gasteiger partial charge is 0.332 e. The van der Waals surface area contributed by atoms with E-state index < -0.39 is 21.1 Å². The third kappa shape index (κ3) is 28.7. The molecule has 0 aromatic heterocycles. The quantitative estimate of drug-likeness (QED) is 0.253. The number of hydrogen-bond acceptors (Lipinski definition) is 3. The van der Waals surface area contributed by atoms with E-state index in [0.29, 0.717) is 6.42 Å². The second kappa shape index (κ2) is 21.6. The highest BCUT2D eigenvalue weighted by atomic mass is 28.3. The van der Waals surface area contributed by atoms with E-state index in [-0.39, 0.29) is 0 Å². The summed E-state index contributed by atoms with van der Waals surface area (Å²) in [6, 6.07) is 0. The molecule has 0 amide bonds. The Kier molecular flexibility index (Phi) is 23.2. The molecule has 25 heavy (non-hydrogen) atoms. The number of aliphatic hydroxyl groups excluding tert-OH is 1. The van der Waals surface area contributed by atoms with Gasteiger partial charge in [-0.15, -0.1) is 0 Å². The second-order valence-electron chi connectivity index (χ2n) is 7.33. The van der Waals surface area contributed by atoms with Crippen molar-refractivity contribution in [3.63, 3.8) is 0 Å². The van der Waals surface area contributed by atoms with E-state index in [2.05, 4.69) is 6.92 Å². The minimum atomic E-state index is -1.16. The maximum absolute atomic E-state index is 10.4. The lowest BCUT2D eigenvalue weighted by atomic mass is 10.0. The zero-order chi connectivity index (χ0) is 19.3. The van der Waals surface area contributed by atoms with Gasteiger partial charge in [0.1, 0.15) is 0 Å². The first-order valence-electron chi connectivity index (χ1n) is 10.5. The maximum atomic E-state index is 10.4. The Morgan fingerprint density at radius 2 is 1.04 bits per heavy atom. The van der Waals surface area contributed by atoms with Gasteiger partial charge < -0.3 is 15.0 Å². The molecule has 1 unspecified atom stereocenters. The van der Waals surface area contributed by atoms with Crippen molar-refractivity contribution >= 4 is 15.0 Å². The fourth-order valence-electron chi connectivity index (χ4n) is 2.66. The molecule has 0 aliphatic rings. The van der Waals surface area contributed by atoms with Gasteiger partial charge in [0, 0.05) is 0 Å². The van der Waals surface area contributed by atoms with Crippen LogP contribution >= 0.6 is 0 Å². The van der Waals surface area contributed by atoms with Crippen molar-refractivity contribution in [1.29, 1.82) is 0 Å². The van der Waals surface area contributed by atoms with Crippen LogP contribution in [-0.2, 0) is 4.79 Å². The van der Waals surface area contributed by atoms with Crippen LogP contribution in [0.2, 0.25) is 13.1 Å². The summed E-state index contributed by atoms with van der Waals surface area (Å²) in [5.41, 5.74) is 0. The molecule has 1 atom stereocenters. The molecule has 0 radical (unpaired) electrons. The Labute approximate surface area is 157 Å². The van der Waals surface area contributed by atoms with Crippen LogP contribution in [0.15, 0.2) is 0 Å². The number of unbranched alkanes of at least 4 members (excludes halogenated alkanes) is 13. The molecule has 0 aromatic carbocycles. The topological polar surface area (TPSA) is 77.8 Å². The summed E-state index contributed by atoms with van der Waals surface area (Å²) in [7, 11) is -1.14. The lowest BCUT2D eigenvalue weighted by molar-refractivity contribution is -0.146. The number of carboxylic acids is 1. The normalized spacial score (nSPS) is 11.9. The van der Waals surface area contributed by atoms with Crippen molar-refractivity contribution in [2.24, 2.45) is 0 Å². The Morgan fingerprint density at radius 1 is 0.760 bits per heavy atom. The molecule has 0 aromatic rings. The largest absolute Gasteiger partial charge is 0.479 e. The Balaban J connectivity index is 0. The molecular weight excluding hydrogens is 332 g/mol. The van der Waals surface area contributed by atoms with Crippen LogP contribution in [0.25, 0.3) is 0 Å². The minimum Gasteiger partial charge on any atom is -0.479 e. The molecule has 0 fully saturated rings. The van der Waals surface area contributed by atoms with Crippen molar-refractivity contribution in [1.82, 2.24) is 0 Å². The lowest BCUT2D eigenvalue weighted by Gasteiger charge is -2.05. The zero-order valence-electron chi connectivity index (χ0n) is 17.0. The number of aliphatic carboxylic acids is 1. The van der Waals surface area contributed by atoms with Gasteiger partial charge in [0.25, 0.3) is 0 Å². The Bertz CT molecular complexity index is 270. The molecule has 0 aliphatic carbocycles. The Morgan fingerprint density at radius 3 is 1.32 bits per heavy atom. The predicted molar refractivity (Wildman–Crippen MR) is 110 cm³/mol. The highest BCUT2D eigenvalue weighted by Crippen LogP contribution is 2.13. The highest BCUT2D eigenvalue weighted by Gasteiger charge is 2.11. The van der Waals surface area contributed by atoms with E-state index in [1.54, 1.807) is 0 Å². The van der Waals surface area contributed by atoms with Gasteiger partial charge in [-0.05, 0) is 19.5 Å². The van der Waals surface area contributed by atoms with Crippen molar-refractivity contribution in [3.8, 4) is 0 Å². The summed E-state index contributed by atoms with van der Waals surface area (Å²) >= 11 is 0. The van der Waals surface area contributed by atoms with Crippen molar-refractivity contribution in [2.45, 2.75) is 122 Å². The van der Waals surface area contributed by atoms with Crippen molar-refractivity contribution in [3.05, 3.63) is 0 Å². The molecule has 3 N–H and O–H groups in total. The minimum absolute atomic E-state index is 0.396. The standard InChI is InChI=1S/C18H36O3.C2H8OSi/c1-2-3-4-5-6-7-8-9-10-11-12-13-14-15-16-17(19)18(20)21;1-4(2)3/h17,19H,2-16H2,1H3,(H,20,21);3-4H,1-2H3. The van der Waals surface area contributed by atoms with Crippen LogP contribution in [0.5, 0.6) is 0 Å². The number of aliphatic hydroxyl groups is 1. The lowest BCUT2D eigenvalue weighted by Crippen LogP contribution is -2.18. The molecule has 0 saturated heterocycles. The van der Waals surface area contributed by atoms with Crippen molar-refractivity contribution in [2.75, 3.05) is 0 Å². The molecule has 0 bridgehead atoms. The van der Waals surface area contributed by atoms with Gasteiger partial charge in [-0.3, -0.25) is 0 Å². The first kappa shape index (κ1) is 26.8. The van der Waals surface area contributed by atoms with Gasteiger partial charge in [0.15, 0.2) is 15.1 Å². The predicted octanol–water partition coefficient (Wildman–Crippen LogP) is 5.27. The van der Waals surface area contributed by atoms with Gasteiger partial charge in [0.2, 0.25) is 0 Å². The molecule has 4 nitrogen and oxygen atoms in total. The van der Waals surface area contributed by atoms with Gasteiger partial charge in [-0.1, -0.05) is 96.8 Å². The van der Waals surface area contributed by atoms with Crippen LogP contribution < -0.4 is 0 Å². The summed E-state index contributed by atoms with van der Waals surface area (Å²) in [5, 5.41) is 17.7. The van der Waals surface area contributed by atoms with Gasteiger partial charge in [-0.2, -0.15) is 0 Å². The zero-order valence-corrected chi connectivity index (χ0v) is 18.2. The fourth-order valence-corrected chi connectivity index (χ4v) is 2.66. The first-order chi connectivity index (χ1) is 11.9. The van der Waals surface area contributed by atoms with E-state index in [1.165, 1.54) is 77.0 Å². The summed E-state index contributed by atoms with van der Waals surface area (Å²) in [4.78, 5) is 18.6. The van der Waals surface area contributed by atoms with E-state index >= 15 is 0 Å². The van der Waals surface area contributed by atoms with Crippen LogP contribution in [-0.4, -0.2) is 36.1 Å². The van der Waals surface area contributed by atoms with Crippen LogP contribution in [0.1, 0.15) is 103 Å². The average Bonchev–Trinajstić information content (AvgIpc) is 2.54. The fraction of sp³-hybridized carbons (Fsp3) is 0.950. The summed E-state index contributed by atoms with van der Waals surface area (Å²) in [6.07, 6.45) is 17.3. The van der Waals surface area contributed by atoms with Gasteiger partial charge in [-0.25, -0.2) is 4.79 Å². The van der Waals surface area contributed by atoms with E-state index in [1.807, 2.05) is 13.1 Å². The van der Waals surface area contributed by atoms with Crippen molar-refractivity contribution < 1.29 is 19.8 Å². The summed E-state index contributed by atoms with van der Waals surface area (Å²) < 4.78 is 0. The maximum Gasteiger partial charge on any atom is 0.332 e.